The summed E-state index contributed by atoms with van der Waals surface area (Å²) < 4.78 is 5.34. The van der Waals surface area contributed by atoms with Gasteiger partial charge in [0.2, 0.25) is 5.91 Å². The van der Waals surface area contributed by atoms with E-state index in [4.69, 9.17) is 10.5 Å². The summed E-state index contributed by atoms with van der Waals surface area (Å²) in [7, 11) is 1.76. The van der Waals surface area contributed by atoms with Gasteiger partial charge >= 0.3 is 0 Å². The molecule has 0 radical (unpaired) electrons. The Morgan fingerprint density at radius 3 is 3.00 bits per heavy atom. The molecule has 18 heavy (non-hydrogen) atoms. The Bertz CT molecular complexity index is 343. The SMILES string of the molecule is CN(CCCN)C(=O)COCCc1ccccn1. The summed E-state index contributed by atoms with van der Waals surface area (Å²) in [6.07, 6.45) is 3.29. The van der Waals surface area contributed by atoms with Crippen LogP contribution in [0.5, 0.6) is 0 Å². The van der Waals surface area contributed by atoms with Gasteiger partial charge in [-0.1, -0.05) is 6.07 Å². The third-order valence-corrected chi connectivity index (χ3v) is 2.58. The number of nitrogens with two attached hydrogens (primary N) is 1. The van der Waals surface area contributed by atoms with Crippen molar-refractivity contribution in [3.8, 4) is 0 Å². The lowest BCUT2D eigenvalue weighted by Gasteiger charge is -2.16. The Morgan fingerprint density at radius 2 is 2.33 bits per heavy atom. The maximum Gasteiger partial charge on any atom is 0.248 e. The molecule has 0 fully saturated rings. The lowest BCUT2D eigenvalue weighted by Crippen LogP contribution is -2.32. The summed E-state index contributed by atoms with van der Waals surface area (Å²) in [6, 6.07) is 5.76. The summed E-state index contributed by atoms with van der Waals surface area (Å²) in [6.45, 7) is 1.90. The molecule has 1 heterocycles. The van der Waals surface area contributed by atoms with Crippen LogP contribution in [-0.4, -0.2) is 49.1 Å². The minimum atomic E-state index is -0.00975. The molecule has 1 rings (SSSR count). The van der Waals surface area contributed by atoms with Crippen LogP contribution < -0.4 is 5.73 Å². The van der Waals surface area contributed by atoms with E-state index in [1.165, 1.54) is 0 Å². The Hall–Kier alpha value is -1.46. The molecule has 0 unspecified atom stereocenters. The molecule has 2 N–H and O–H groups in total. The van der Waals surface area contributed by atoms with Gasteiger partial charge in [0.1, 0.15) is 6.61 Å². The fraction of sp³-hybridized carbons (Fsp3) is 0.538. The predicted octanol–water partition coefficient (Wildman–Crippen LogP) is 0.448. The zero-order valence-corrected chi connectivity index (χ0v) is 10.8. The van der Waals surface area contributed by atoms with Gasteiger partial charge in [0.05, 0.1) is 6.61 Å². The van der Waals surface area contributed by atoms with E-state index in [1.807, 2.05) is 18.2 Å². The molecule has 0 aliphatic heterocycles. The number of ether oxygens (including phenoxy) is 1. The molecule has 0 saturated heterocycles. The Morgan fingerprint density at radius 1 is 1.50 bits per heavy atom. The van der Waals surface area contributed by atoms with Gasteiger partial charge in [-0.3, -0.25) is 9.78 Å². The molecular weight excluding hydrogens is 230 g/mol. The third-order valence-electron chi connectivity index (χ3n) is 2.58. The van der Waals surface area contributed by atoms with Crippen molar-refractivity contribution in [2.75, 3.05) is 33.4 Å². The van der Waals surface area contributed by atoms with E-state index in [1.54, 1.807) is 18.1 Å². The molecule has 0 bridgehead atoms. The molecule has 100 valence electrons. The van der Waals surface area contributed by atoms with Crippen LogP contribution in [-0.2, 0) is 16.0 Å². The summed E-state index contributed by atoms with van der Waals surface area (Å²) in [4.78, 5) is 17.4. The molecule has 1 aromatic heterocycles. The first kappa shape index (κ1) is 14.6. The van der Waals surface area contributed by atoms with Gasteiger partial charge in [0.25, 0.3) is 0 Å². The Balaban J connectivity index is 2.12. The van der Waals surface area contributed by atoms with Gasteiger partial charge in [-0.15, -0.1) is 0 Å². The van der Waals surface area contributed by atoms with E-state index < -0.39 is 0 Å². The second kappa shape index (κ2) is 8.60. The molecule has 5 heteroatoms. The van der Waals surface area contributed by atoms with Crippen molar-refractivity contribution in [3.63, 3.8) is 0 Å². The quantitative estimate of drug-likeness (QED) is 0.681. The standard InChI is InChI=1S/C13H21N3O2/c1-16(9-4-7-14)13(17)11-18-10-6-12-5-2-3-8-15-12/h2-3,5,8H,4,6-7,9-11,14H2,1H3. The highest BCUT2D eigenvalue weighted by atomic mass is 16.5. The number of hydrogen-bond acceptors (Lipinski definition) is 4. The number of rotatable bonds is 8. The van der Waals surface area contributed by atoms with E-state index in [0.29, 0.717) is 19.7 Å². The number of amides is 1. The second-order valence-corrected chi connectivity index (χ2v) is 4.08. The van der Waals surface area contributed by atoms with Crippen LogP contribution in [0.25, 0.3) is 0 Å². The average Bonchev–Trinajstić information content (AvgIpc) is 2.41. The number of carbonyl (C=O) groups excluding carboxylic acids is 1. The summed E-state index contributed by atoms with van der Waals surface area (Å²) in [5.74, 6) is -0.00975. The summed E-state index contributed by atoms with van der Waals surface area (Å²) in [5, 5.41) is 0. The zero-order chi connectivity index (χ0) is 13.2. The second-order valence-electron chi connectivity index (χ2n) is 4.08. The highest BCUT2D eigenvalue weighted by molar-refractivity contribution is 5.77. The number of aromatic nitrogens is 1. The van der Waals surface area contributed by atoms with Crippen LogP contribution in [0.2, 0.25) is 0 Å². The fourth-order valence-electron chi connectivity index (χ4n) is 1.45. The first-order valence-corrected chi connectivity index (χ1v) is 6.15. The third kappa shape index (κ3) is 5.75. The van der Waals surface area contributed by atoms with Crippen LogP contribution in [0.1, 0.15) is 12.1 Å². The van der Waals surface area contributed by atoms with Crippen molar-refractivity contribution < 1.29 is 9.53 Å². The lowest BCUT2D eigenvalue weighted by molar-refractivity contribution is -0.134. The van der Waals surface area contributed by atoms with Crippen LogP contribution >= 0.6 is 0 Å². The smallest absolute Gasteiger partial charge is 0.248 e. The van der Waals surface area contributed by atoms with Crippen LogP contribution in [0.15, 0.2) is 24.4 Å². The normalized spacial score (nSPS) is 10.3. The highest BCUT2D eigenvalue weighted by Gasteiger charge is 2.07. The summed E-state index contributed by atoms with van der Waals surface area (Å²) >= 11 is 0. The topological polar surface area (TPSA) is 68.5 Å². The van der Waals surface area contributed by atoms with Gasteiger partial charge in [-0.25, -0.2) is 0 Å². The molecule has 5 nitrogen and oxygen atoms in total. The van der Waals surface area contributed by atoms with Gasteiger partial charge in [0.15, 0.2) is 0 Å². The van der Waals surface area contributed by atoms with Crippen molar-refractivity contribution in [1.82, 2.24) is 9.88 Å². The van der Waals surface area contributed by atoms with Gasteiger partial charge in [0, 0.05) is 31.9 Å². The number of carbonyl (C=O) groups is 1. The number of hydrogen-bond donors (Lipinski definition) is 1. The highest BCUT2D eigenvalue weighted by Crippen LogP contribution is 1.95. The molecule has 1 aromatic rings. The molecule has 0 aromatic carbocycles. The van der Waals surface area contributed by atoms with E-state index in [0.717, 1.165) is 18.5 Å². The van der Waals surface area contributed by atoms with Gasteiger partial charge in [-0.2, -0.15) is 0 Å². The maximum atomic E-state index is 11.6. The van der Waals surface area contributed by atoms with Crippen molar-refractivity contribution >= 4 is 5.91 Å². The molecule has 0 aliphatic rings. The van der Waals surface area contributed by atoms with E-state index in [-0.39, 0.29) is 12.5 Å². The fourth-order valence-corrected chi connectivity index (χ4v) is 1.45. The minimum absolute atomic E-state index is 0.00975. The van der Waals surface area contributed by atoms with Crippen LogP contribution in [0.3, 0.4) is 0 Å². The summed E-state index contributed by atoms with van der Waals surface area (Å²) in [5.41, 5.74) is 6.36. The van der Waals surface area contributed by atoms with Crippen molar-refractivity contribution in [2.45, 2.75) is 12.8 Å². The van der Waals surface area contributed by atoms with Crippen LogP contribution in [0, 0.1) is 0 Å². The zero-order valence-electron chi connectivity index (χ0n) is 10.8. The molecule has 0 spiro atoms. The Kier molecular flexibility index (Phi) is 6.98. The molecular formula is C13H21N3O2. The van der Waals surface area contributed by atoms with Crippen molar-refractivity contribution in [3.05, 3.63) is 30.1 Å². The first-order valence-electron chi connectivity index (χ1n) is 6.15. The van der Waals surface area contributed by atoms with Crippen molar-refractivity contribution in [1.29, 1.82) is 0 Å². The van der Waals surface area contributed by atoms with Crippen molar-refractivity contribution in [2.24, 2.45) is 5.73 Å². The minimum Gasteiger partial charge on any atom is -0.371 e. The van der Waals surface area contributed by atoms with Gasteiger partial charge < -0.3 is 15.4 Å². The van der Waals surface area contributed by atoms with E-state index >= 15 is 0 Å². The number of likely N-dealkylation sites (N-methyl/N-ethyl adjacent to an activating group) is 1. The average molecular weight is 251 g/mol. The maximum absolute atomic E-state index is 11.6. The lowest BCUT2D eigenvalue weighted by atomic mass is 10.3. The van der Waals surface area contributed by atoms with E-state index in [2.05, 4.69) is 4.98 Å². The predicted molar refractivity (Wildman–Crippen MR) is 70.1 cm³/mol. The number of pyridine rings is 1. The first-order chi connectivity index (χ1) is 8.74. The Labute approximate surface area is 108 Å². The van der Waals surface area contributed by atoms with Gasteiger partial charge in [-0.05, 0) is 25.1 Å². The largest absolute Gasteiger partial charge is 0.371 e. The molecule has 0 aliphatic carbocycles. The monoisotopic (exact) mass is 251 g/mol. The van der Waals surface area contributed by atoms with E-state index in [9.17, 15) is 4.79 Å². The number of nitrogens with zero attached hydrogens (tertiary/aromatic N) is 2. The molecule has 0 saturated carbocycles. The molecule has 0 atom stereocenters. The van der Waals surface area contributed by atoms with Crippen LogP contribution in [0.4, 0.5) is 0 Å². The molecule has 1 amide bonds.